The Morgan fingerprint density at radius 3 is 2.50 bits per heavy atom. The molecule has 0 aliphatic rings. The van der Waals surface area contributed by atoms with E-state index in [1.807, 2.05) is 6.07 Å². The molecule has 3 N–H and O–H groups in total. The lowest BCUT2D eigenvalue weighted by Gasteiger charge is -2.13. The number of nitrogen functional groups attached to an aromatic ring is 1. The molecule has 0 bridgehead atoms. The van der Waals surface area contributed by atoms with Gasteiger partial charge >= 0.3 is 0 Å². The first-order chi connectivity index (χ1) is 9.31. The number of aromatic nitrogens is 2. The number of nitrogens with one attached hydrogen (secondary N) is 1. The van der Waals surface area contributed by atoms with Crippen LogP contribution in [0, 0.1) is 13.8 Å². The fourth-order valence-corrected chi connectivity index (χ4v) is 3.39. The first kappa shape index (κ1) is 14.5. The molecule has 1 heterocycles. The summed E-state index contributed by atoms with van der Waals surface area (Å²) < 4.78 is 28.9. The zero-order valence-corrected chi connectivity index (χ0v) is 12.5. The summed E-state index contributed by atoms with van der Waals surface area (Å²) >= 11 is 0. The molecule has 2 rings (SSSR count). The minimum Gasteiger partial charge on any atom is -0.397 e. The normalized spacial score (nSPS) is 11.8. The summed E-state index contributed by atoms with van der Waals surface area (Å²) in [7, 11) is -1.88. The van der Waals surface area contributed by atoms with Crippen molar-refractivity contribution in [2.75, 3.05) is 5.73 Å². The molecule has 20 heavy (non-hydrogen) atoms. The van der Waals surface area contributed by atoms with Crippen molar-refractivity contribution in [1.29, 1.82) is 0 Å². The molecule has 0 aliphatic carbocycles. The summed E-state index contributed by atoms with van der Waals surface area (Å²) in [6.45, 7) is 3.65. The predicted octanol–water partition coefficient (Wildman–Crippen LogP) is 1.10. The summed E-state index contributed by atoms with van der Waals surface area (Å²) in [5.41, 5.74) is 8.22. The van der Waals surface area contributed by atoms with E-state index >= 15 is 0 Å². The second-order valence-corrected chi connectivity index (χ2v) is 6.45. The van der Waals surface area contributed by atoms with Gasteiger partial charge in [0.15, 0.2) is 0 Å². The van der Waals surface area contributed by atoms with Crippen LogP contribution in [0.25, 0.3) is 0 Å². The van der Waals surface area contributed by atoms with Crippen molar-refractivity contribution in [3.63, 3.8) is 0 Å². The zero-order chi connectivity index (χ0) is 14.9. The summed E-state index contributed by atoms with van der Waals surface area (Å²) in [6.07, 6.45) is 1.76. The van der Waals surface area contributed by atoms with Crippen molar-refractivity contribution in [3.05, 3.63) is 41.2 Å². The molecular formula is C13H18N4O2S. The molecule has 0 amide bonds. The van der Waals surface area contributed by atoms with Gasteiger partial charge in [0.2, 0.25) is 10.0 Å². The third kappa shape index (κ3) is 2.83. The lowest BCUT2D eigenvalue weighted by molar-refractivity contribution is 0.579. The van der Waals surface area contributed by atoms with Gasteiger partial charge in [-0.3, -0.25) is 4.68 Å². The number of hydrogen-bond donors (Lipinski definition) is 2. The molecule has 0 saturated heterocycles. The third-order valence-corrected chi connectivity index (χ3v) is 4.70. The number of hydrogen-bond acceptors (Lipinski definition) is 4. The second kappa shape index (κ2) is 5.26. The monoisotopic (exact) mass is 294 g/mol. The number of benzene rings is 1. The minimum absolute atomic E-state index is 0.135. The molecule has 0 aliphatic heterocycles. The summed E-state index contributed by atoms with van der Waals surface area (Å²) in [6, 6.07) is 5.32. The largest absolute Gasteiger partial charge is 0.397 e. The van der Waals surface area contributed by atoms with E-state index in [9.17, 15) is 8.42 Å². The molecule has 2 aromatic rings. The van der Waals surface area contributed by atoms with Crippen LogP contribution in [0.5, 0.6) is 0 Å². The quantitative estimate of drug-likeness (QED) is 0.826. The van der Waals surface area contributed by atoms with Gasteiger partial charge in [-0.1, -0.05) is 12.1 Å². The minimum atomic E-state index is -3.66. The average Bonchev–Trinajstić information content (AvgIpc) is 2.78. The van der Waals surface area contributed by atoms with Crippen molar-refractivity contribution in [3.8, 4) is 0 Å². The van der Waals surface area contributed by atoms with Crippen molar-refractivity contribution < 1.29 is 8.42 Å². The topological polar surface area (TPSA) is 90.0 Å². The van der Waals surface area contributed by atoms with Crippen LogP contribution in [0.1, 0.15) is 16.8 Å². The van der Waals surface area contributed by atoms with Crippen LogP contribution in [0.2, 0.25) is 0 Å². The summed E-state index contributed by atoms with van der Waals surface area (Å²) in [5.74, 6) is 0. The molecular weight excluding hydrogens is 276 g/mol. The molecule has 0 spiro atoms. The highest BCUT2D eigenvalue weighted by Gasteiger charge is 2.21. The Bertz CT molecular complexity index is 735. The van der Waals surface area contributed by atoms with Gasteiger partial charge in [-0.25, -0.2) is 13.1 Å². The first-order valence-electron chi connectivity index (χ1n) is 6.15. The highest BCUT2D eigenvalue weighted by atomic mass is 32.2. The summed E-state index contributed by atoms with van der Waals surface area (Å²) in [5, 5.41) is 4.13. The summed E-state index contributed by atoms with van der Waals surface area (Å²) in [4.78, 5) is 0.147. The molecule has 1 aromatic heterocycles. The Hall–Kier alpha value is -1.86. The zero-order valence-electron chi connectivity index (χ0n) is 11.7. The third-order valence-electron chi connectivity index (χ3n) is 3.09. The average molecular weight is 294 g/mol. The van der Waals surface area contributed by atoms with E-state index in [4.69, 9.17) is 5.73 Å². The number of nitrogens with two attached hydrogens (primary N) is 1. The maximum atomic E-state index is 12.4. The highest BCUT2D eigenvalue weighted by molar-refractivity contribution is 7.89. The molecule has 108 valence electrons. The predicted molar refractivity (Wildman–Crippen MR) is 77.6 cm³/mol. The second-order valence-electron chi connectivity index (χ2n) is 4.75. The Morgan fingerprint density at radius 2 is 1.90 bits per heavy atom. The fourth-order valence-electron chi connectivity index (χ4n) is 1.96. The number of nitrogens with zero attached hydrogens (tertiary/aromatic N) is 2. The van der Waals surface area contributed by atoms with E-state index < -0.39 is 10.0 Å². The molecule has 6 nitrogen and oxygen atoms in total. The van der Waals surface area contributed by atoms with Crippen LogP contribution in [0.15, 0.2) is 29.3 Å². The smallest absolute Gasteiger partial charge is 0.243 e. The van der Waals surface area contributed by atoms with Gasteiger partial charge in [-0.2, -0.15) is 5.10 Å². The lowest BCUT2D eigenvalue weighted by Crippen LogP contribution is -2.25. The van der Waals surface area contributed by atoms with Gasteiger partial charge in [0, 0.05) is 13.2 Å². The van der Waals surface area contributed by atoms with Gasteiger partial charge in [0.1, 0.15) is 4.90 Å². The van der Waals surface area contributed by atoms with E-state index in [0.717, 1.165) is 5.56 Å². The molecule has 0 fully saturated rings. The van der Waals surface area contributed by atoms with Crippen LogP contribution in [0.4, 0.5) is 5.69 Å². The number of sulfonamides is 1. The number of aryl methyl sites for hydroxylation is 3. The van der Waals surface area contributed by atoms with Crippen molar-refractivity contribution in [2.24, 2.45) is 7.05 Å². The van der Waals surface area contributed by atoms with E-state index in [2.05, 4.69) is 9.82 Å². The molecule has 0 atom stereocenters. The number of anilines is 1. The molecule has 0 unspecified atom stereocenters. The molecule has 7 heteroatoms. The van der Waals surface area contributed by atoms with Crippen LogP contribution >= 0.6 is 0 Å². The SMILES string of the molecule is Cc1ccc(C)c(S(=O)(=O)NCc2ccn(C)n2)c1N. The molecule has 0 saturated carbocycles. The standard InChI is InChI=1S/C13H18N4O2S/c1-9-4-5-10(2)13(12(9)14)20(18,19)15-8-11-6-7-17(3)16-11/h4-7,15H,8,14H2,1-3H3. The van der Waals surface area contributed by atoms with Crippen molar-refractivity contribution in [2.45, 2.75) is 25.3 Å². The van der Waals surface area contributed by atoms with Crippen LogP contribution in [0.3, 0.4) is 0 Å². The Morgan fingerprint density at radius 1 is 1.25 bits per heavy atom. The van der Waals surface area contributed by atoms with Crippen molar-refractivity contribution >= 4 is 15.7 Å². The molecule has 1 aromatic carbocycles. The first-order valence-corrected chi connectivity index (χ1v) is 7.63. The van der Waals surface area contributed by atoms with Gasteiger partial charge in [0.05, 0.1) is 17.9 Å². The highest BCUT2D eigenvalue weighted by Crippen LogP contribution is 2.25. The Labute approximate surface area is 118 Å². The van der Waals surface area contributed by atoms with Gasteiger partial charge in [0.25, 0.3) is 0 Å². The van der Waals surface area contributed by atoms with Crippen LogP contribution in [-0.4, -0.2) is 18.2 Å². The Balaban J connectivity index is 2.29. The van der Waals surface area contributed by atoms with Crippen LogP contribution < -0.4 is 10.5 Å². The van der Waals surface area contributed by atoms with Gasteiger partial charge in [-0.05, 0) is 31.0 Å². The Kier molecular flexibility index (Phi) is 3.82. The van der Waals surface area contributed by atoms with Gasteiger partial charge < -0.3 is 5.73 Å². The van der Waals surface area contributed by atoms with Crippen molar-refractivity contribution in [1.82, 2.24) is 14.5 Å². The van der Waals surface area contributed by atoms with Gasteiger partial charge in [-0.15, -0.1) is 0 Å². The van der Waals surface area contributed by atoms with E-state index in [0.29, 0.717) is 16.9 Å². The van der Waals surface area contributed by atoms with E-state index in [1.165, 1.54) is 0 Å². The van der Waals surface area contributed by atoms with Crippen LogP contribution in [-0.2, 0) is 23.6 Å². The van der Waals surface area contributed by atoms with E-state index in [-0.39, 0.29) is 11.4 Å². The fraction of sp³-hybridized carbons (Fsp3) is 0.308. The lowest BCUT2D eigenvalue weighted by atomic mass is 10.1. The van der Waals surface area contributed by atoms with E-state index in [1.54, 1.807) is 43.9 Å². The maximum Gasteiger partial charge on any atom is 0.243 e. The molecule has 0 radical (unpaired) electrons. The maximum absolute atomic E-state index is 12.4. The number of rotatable bonds is 4.